The second kappa shape index (κ2) is 46.5. The molecule has 2 amide bonds. The van der Waals surface area contributed by atoms with Gasteiger partial charge in [-0.3, -0.25) is 24.0 Å². The third-order valence-electron chi connectivity index (χ3n) is 21.6. The number of esters is 1. The molecule has 3 aromatic heterocycles. The minimum atomic E-state index is -2.40. The van der Waals surface area contributed by atoms with Gasteiger partial charge in [0.25, 0.3) is 17.7 Å². The number of hydrogen-bond acceptors (Lipinski definition) is 28. The summed E-state index contributed by atoms with van der Waals surface area (Å²) in [5, 5.41) is 38.7. The molecule has 14 atom stereocenters. The Morgan fingerprint density at radius 2 is 1.58 bits per heavy atom. The number of ketones is 3. The van der Waals surface area contributed by atoms with Crippen molar-refractivity contribution in [2.24, 2.45) is 40.6 Å². The van der Waals surface area contributed by atoms with E-state index in [1.807, 2.05) is 70.2 Å². The molecule has 2 bridgehead atoms. The monoisotopic (exact) mass is 1580 g/mol. The number of nitrogens with two attached hydrogens (primary N) is 2. The molecule has 3 fully saturated rings. The number of Topliss-reactive ketones (excluding diaryl/α,β-unsaturated/α-hetero) is 3. The molecule has 8 rings (SSSR count). The molecule has 4 aliphatic rings. The van der Waals surface area contributed by atoms with Crippen LogP contribution in [-0.4, -0.2) is 230 Å². The van der Waals surface area contributed by atoms with Gasteiger partial charge in [0, 0.05) is 82.8 Å². The number of aliphatic hydroxyl groups excluding tert-OH is 1. The summed E-state index contributed by atoms with van der Waals surface area (Å²) in [6.45, 7) is 17.8. The standard InChI is InChI=1S/C82H122N12O19/c1-52-17-11-10-12-18-53(2)43-56(5)73(97)75(104-9)74(98)57(6)44-54(3)65(95)48-68(111-80(101)64-19-13-15-31-93(64)79(100)76(99)82(102)58(7)21-25-62(113-82)24-20-52)55(4)45-59-22-26-67(69(46-59)103-8)110-42-41-109-50-61(91-85)49-86-30-34-106-36-38-108-40-39-107-37-35-105-33-28-70(96)87-29-14-16-32-94-78-71(77(83)88-51-89-78)72(92-94)60-23-27-66-63(47-60)90-81(84)112-66/h10-12,17-18,23,27,44,47,49,51,53-56,58-59,62,64,67-69,74-75,85-86,98,102H,13-16,19-22,24-26,28-43,45-46,48,50H2,1-9H3,(H2,84,90)(H,87,96)(H2,83,88,89)/b11-10+,18-12+,52-17+,57-44+,61-49-,91-85?/t53-,54-,55-,56-,58-,59+,62-,64+,67-,68+,69-,74-,75+,82-/m1/s1. The number of ether oxygens (including phenoxy) is 10. The fourth-order valence-corrected chi connectivity index (χ4v) is 15.0. The van der Waals surface area contributed by atoms with Crippen LogP contribution < -0.4 is 22.1 Å². The number of benzene rings is 1. The van der Waals surface area contributed by atoms with Crippen LogP contribution in [0.25, 0.3) is 33.4 Å². The lowest BCUT2D eigenvalue weighted by atomic mass is 9.78. The van der Waals surface area contributed by atoms with Gasteiger partial charge in [0.15, 0.2) is 17.0 Å². The number of aryl methyl sites for hydroxylation is 1. The molecule has 2 saturated heterocycles. The van der Waals surface area contributed by atoms with Crippen molar-refractivity contribution in [1.82, 2.24) is 40.3 Å². The first-order chi connectivity index (χ1) is 54.4. The van der Waals surface area contributed by atoms with Crippen molar-refractivity contribution in [3.63, 3.8) is 0 Å². The van der Waals surface area contributed by atoms with E-state index >= 15 is 0 Å². The summed E-state index contributed by atoms with van der Waals surface area (Å²) in [7, 11) is 3.02. The molecule has 4 aromatic rings. The molecule has 31 heteroatoms. The third kappa shape index (κ3) is 27.3. The summed E-state index contributed by atoms with van der Waals surface area (Å²) in [6, 6.07) is 4.39. The van der Waals surface area contributed by atoms with Gasteiger partial charge in [0.2, 0.25) is 11.7 Å². The first kappa shape index (κ1) is 90.5. The van der Waals surface area contributed by atoms with E-state index in [4.69, 9.17) is 73.9 Å². The number of amides is 2. The van der Waals surface area contributed by atoms with E-state index < -0.39 is 71.7 Å². The van der Waals surface area contributed by atoms with Crippen molar-refractivity contribution in [3.05, 3.63) is 84.0 Å². The number of hydrogen-bond donors (Lipinski definition) is 7. The van der Waals surface area contributed by atoms with Crippen LogP contribution in [0.1, 0.15) is 151 Å². The number of nitrogens with zero attached hydrogens (tertiary/aromatic N) is 7. The summed E-state index contributed by atoms with van der Waals surface area (Å²) in [5.41, 5.74) is 24.7. The average Bonchev–Trinajstić information content (AvgIpc) is 1.70. The van der Waals surface area contributed by atoms with Gasteiger partial charge in [-0.05, 0) is 145 Å². The number of allylic oxidation sites excluding steroid dienone is 7. The maximum absolute atomic E-state index is 14.7. The van der Waals surface area contributed by atoms with E-state index in [1.54, 1.807) is 50.9 Å². The number of unbranched alkanes of at least 4 members (excludes halogenated alkanes) is 1. The highest BCUT2D eigenvalue weighted by Crippen LogP contribution is 2.39. The minimum absolute atomic E-state index is 0.0184. The maximum atomic E-state index is 14.7. The van der Waals surface area contributed by atoms with E-state index in [-0.39, 0.29) is 106 Å². The number of fused-ring (bicyclic) bond motifs is 5. The molecule has 1 aromatic carbocycles. The highest BCUT2D eigenvalue weighted by molar-refractivity contribution is 6.39. The molecule has 3 aliphatic heterocycles. The predicted octanol–water partition coefficient (Wildman–Crippen LogP) is 9.22. The first-order valence-corrected chi connectivity index (χ1v) is 40.1. The second-order valence-electron chi connectivity index (χ2n) is 30.4. The van der Waals surface area contributed by atoms with Gasteiger partial charge >= 0.3 is 5.97 Å². The number of methoxy groups -OCH3 is 2. The number of piperidine rings is 1. The molecule has 9 N–H and O–H groups in total. The molecule has 624 valence electrons. The van der Waals surface area contributed by atoms with Gasteiger partial charge in [-0.15, -0.1) is 0 Å². The number of oxazole rings is 1. The summed E-state index contributed by atoms with van der Waals surface area (Å²) in [6.07, 6.45) is 17.8. The molecule has 31 nitrogen and oxygen atoms in total. The lowest BCUT2D eigenvalue weighted by Crippen LogP contribution is -2.60. The van der Waals surface area contributed by atoms with Crippen molar-refractivity contribution in [2.45, 2.75) is 206 Å². The van der Waals surface area contributed by atoms with Gasteiger partial charge in [0.05, 0.1) is 96.4 Å². The van der Waals surface area contributed by atoms with Crippen LogP contribution in [0.5, 0.6) is 0 Å². The largest absolute Gasteiger partial charge is 0.460 e. The van der Waals surface area contributed by atoms with Crippen LogP contribution in [0, 0.1) is 41.0 Å². The zero-order valence-corrected chi connectivity index (χ0v) is 67.4. The molecular formula is C82H122N12O19. The number of aliphatic hydroxyl groups is 2. The Labute approximate surface area is 662 Å². The number of nitrogens with one attached hydrogen (secondary N) is 3. The Balaban J connectivity index is 0.707. The van der Waals surface area contributed by atoms with E-state index in [9.17, 15) is 39.0 Å². The predicted molar refractivity (Wildman–Crippen MR) is 422 cm³/mol. The highest BCUT2D eigenvalue weighted by atomic mass is 16.6. The van der Waals surface area contributed by atoms with Gasteiger partial charge in [-0.1, -0.05) is 76.6 Å². The van der Waals surface area contributed by atoms with Crippen LogP contribution in [0.15, 0.2) is 93.6 Å². The molecule has 0 unspecified atom stereocenters. The summed E-state index contributed by atoms with van der Waals surface area (Å²) < 4.78 is 66.1. The molecule has 1 saturated carbocycles. The van der Waals surface area contributed by atoms with Crippen molar-refractivity contribution >= 4 is 69.1 Å². The second-order valence-corrected chi connectivity index (χ2v) is 30.4. The van der Waals surface area contributed by atoms with Crippen molar-refractivity contribution < 1.29 is 90.8 Å². The highest BCUT2D eigenvalue weighted by Gasteiger charge is 2.53. The lowest BCUT2D eigenvalue weighted by molar-refractivity contribution is -0.263. The first-order valence-electron chi connectivity index (χ1n) is 40.1. The molecule has 1 aliphatic carbocycles. The summed E-state index contributed by atoms with van der Waals surface area (Å²) >= 11 is 0. The zero-order chi connectivity index (χ0) is 81.4. The number of nitrogen functional groups attached to an aromatic ring is 2. The zero-order valence-electron chi connectivity index (χ0n) is 67.4. The topological polar surface area (TPSA) is 420 Å². The van der Waals surface area contributed by atoms with Crippen molar-refractivity contribution in [3.8, 4) is 11.3 Å². The van der Waals surface area contributed by atoms with Crippen LogP contribution >= 0.6 is 0 Å². The molecule has 6 heterocycles. The number of carbonyl (C=O) groups is 6. The van der Waals surface area contributed by atoms with Gasteiger partial charge in [-0.25, -0.2) is 25.0 Å². The van der Waals surface area contributed by atoms with E-state index in [2.05, 4.69) is 30.7 Å². The Morgan fingerprint density at radius 1 is 0.841 bits per heavy atom. The summed E-state index contributed by atoms with van der Waals surface area (Å²) in [4.78, 5) is 98.4. The van der Waals surface area contributed by atoms with E-state index in [0.29, 0.717) is 175 Å². The number of aromatic nitrogens is 5. The number of rotatable bonds is 34. The molecule has 0 radical (unpaired) electrons. The average molecular weight is 1580 g/mol. The fourth-order valence-electron chi connectivity index (χ4n) is 15.0. The van der Waals surface area contributed by atoms with Crippen molar-refractivity contribution in [2.75, 3.05) is 118 Å². The van der Waals surface area contributed by atoms with E-state index in [1.165, 1.54) is 18.3 Å². The Morgan fingerprint density at radius 3 is 2.33 bits per heavy atom. The van der Waals surface area contributed by atoms with Gasteiger partial charge < -0.3 is 89.0 Å². The van der Waals surface area contributed by atoms with Crippen LogP contribution in [0.4, 0.5) is 11.8 Å². The van der Waals surface area contributed by atoms with Crippen LogP contribution in [0.3, 0.4) is 0 Å². The molecule has 0 spiro atoms. The Kier molecular flexibility index (Phi) is 37.2. The van der Waals surface area contributed by atoms with Crippen LogP contribution in [0.2, 0.25) is 0 Å². The van der Waals surface area contributed by atoms with Crippen molar-refractivity contribution in [1.29, 1.82) is 5.53 Å². The summed E-state index contributed by atoms with van der Waals surface area (Å²) in [5.74, 6) is -7.87. The molecular weight excluding hydrogens is 1460 g/mol. The third-order valence-corrected chi connectivity index (χ3v) is 21.6. The SMILES string of the molecule is CO[C@@H]1C[C@H](C[C@@H](C)[C@@H]2CC(=O)[C@H](C)/C=C(\C)[C@@H](O)[C@@H](OC)C(=O)[C@H](C)C[C@H](C)/C=C/C=C/C=C(\C)CC[C@@H]3CC[C@@H](C)[C@@](O)(O3)C(=O)C(=O)N3CCCC[C@H]3C(=O)O2)CC[C@H]1OCCOC/C(=C/NCCOCCOCCOCCOCCC(=O)NCCCCn1nc(-c2ccc3oc(N)nc3c2)c2c(N)ncnc21)N=N. The number of cyclic esters (lactones) is 1. The normalized spacial score (nSPS) is 27.8. The number of anilines is 2. The smallest absolute Gasteiger partial charge is 0.329 e. The minimum Gasteiger partial charge on any atom is -0.460 e. The van der Waals surface area contributed by atoms with Gasteiger partial charge in [-0.2, -0.15) is 15.2 Å². The van der Waals surface area contributed by atoms with Crippen LogP contribution in [-0.2, 0) is 82.7 Å². The lowest BCUT2D eigenvalue weighted by Gasteiger charge is -2.42. The number of carbonyl (C=O) groups excluding carboxylic acids is 6. The Bertz CT molecular complexity index is 3900. The molecule has 113 heavy (non-hydrogen) atoms. The maximum Gasteiger partial charge on any atom is 0.329 e. The van der Waals surface area contributed by atoms with Gasteiger partial charge in [0.1, 0.15) is 59.2 Å². The fraction of sp³-hybridized carbons (Fsp3) is 0.659. The Hall–Kier alpha value is -8.08. The van der Waals surface area contributed by atoms with E-state index in [0.717, 1.165) is 30.4 Å². The quantitative estimate of drug-likeness (QED) is 0.00752.